The molecule has 3 rings (SSSR count). The van der Waals surface area contributed by atoms with Gasteiger partial charge in [0.25, 0.3) is 0 Å². The first kappa shape index (κ1) is 12.0. The first-order valence-electron chi connectivity index (χ1n) is 5.58. The molecule has 0 atom stereocenters. The molecule has 0 amide bonds. The molecule has 0 aliphatic carbocycles. The number of halogens is 1. The summed E-state index contributed by atoms with van der Waals surface area (Å²) in [4.78, 5) is 4.48. The van der Waals surface area contributed by atoms with Crippen molar-refractivity contribution in [2.45, 2.75) is 0 Å². The number of fused-ring (bicyclic) bond motifs is 1. The molecule has 0 radical (unpaired) electrons. The molecule has 92 valence electrons. The van der Waals surface area contributed by atoms with Crippen molar-refractivity contribution >= 4 is 44.0 Å². The number of para-hydroxylation sites is 1. The highest BCUT2D eigenvalue weighted by Gasteiger charge is 2.05. The van der Waals surface area contributed by atoms with Crippen molar-refractivity contribution in [2.75, 3.05) is 5.32 Å². The van der Waals surface area contributed by atoms with E-state index in [1.807, 2.05) is 36.4 Å². The highest BCUT2D eigenvalue weighted by Crippen LogP contribution is 2.29. The second-order valence-electron chi connectivity index (χ2n) is 3.92. The summed E-state index contributed by atoms with van der Waals surface area (Å²) >= 11 is 7.57. The molecule has 0 spiro atoms. The van der Waals surface area contributed by atoms with E-state index in [2.05, 4.69) is 10.3 Å². The van der Waals surface area contributed by atoms with Crippen molar-refractivity contribution in [3.8, 4) is 6.07 Å². The third-order valence-electron chi connectivity index (χ3n) is 2.63. The van der Waals surface area contributed by atoms with E-state index in [-0.39, 0.29) is 0 Å². The van der Waals surface area contributed by atoms with Crippen molar-refractivity contribution in [3.05, 3.63) is 53.1 Å². The van der Waals surface area contributed by atoms with Gasteiger partial charge in [0, 0.05) is 5.69 Å². The Morgan fingerprint density at radius 3 is 2.79 bits per heavy atom. The van der Waals surface area contributed by atoms with Crippen LogP contribution in [0.1, 0.15) is 5.56 Å². The van der Waals surface area contributed by atoms with Gasteiger partial charge in [-0.1, -0.05) is 35.1 Å². The number of hydrogen-bond acceptors (Lipinski definition) is 4. The predicted molar refractivity (Wildman–Crippen MR) is 79.1 cm³/mol. The van der Waals surface area contributed by atoms with Crippen molar-refractivity contribution in [1.29, 1.82) is 5.26 Å². The molecule has 3 nitrogen and oxygen atoms in total. The van der Waals surface area contributed by atoms with Gasteiger partial charge in [-0.05, 0) is 30.3 Å². The monoisotopic (exact) mass is 285 g/mol. The van der Waals surface area contributed by atoms with Crippen LogP contribution in [0.3, 0.4) is 0 Å². The number of thiazole rings is 1. The molecule has 0 bridgehead atoms. The van der Waals surface area contributed by atoms with E-state index in [1.165, 1.54) is 0 Å². The minimum atomic E-state index is 0.439. The molecule has 5 heteroatoms. The highest BCUT2D eigenvalue weighted by atomic mass is 35.5. The molecule has 1 N–H and O–H groups in total. The van der Waals surface area contributed by atoms with Gasteiger partial charge in [0.05, 0.1) is 20.8 Å². The number of nitrogens with zero attached hydrogens (tertiary/aromatic N) is 2. The number of aromatic nitrogens is 1. The topological polar surface area (TPSA) is 48.7 Å². The third-order valence-corrected chi connectivity index (χ3v) is 3.90. The molecule has 0 aliphatic heterocycles. The summed E-state index contributed by atoms with van der Waals surface area (Å²) < 4.78 is 1.13. The fourth-order valence-corrected chi connectivity index (χ4v) is 2.84. The predicted octanol–water partition coefficient (Wildman–Crippen LogP) is 4.56. The SMILES string of the molecule is N#Cc1ccc(Nc2nc3ccccc3s2)cc1Cl. The molecular formula is C14H8ClN3S. The zero-order valence-electron chi connectivity index (χ0n) is 9.72. The normalized spacial score (nSPS) is 10.3. The minimum absolute atomic E-state index is 0.439. The van der Waals surface area contributed by atoms with Gasteiger partial charge < -0.3 is 5.32 Å². The molecule has 1 heterocycles. The maximum atomic E-state index is 8.83. The molecule has 1 aromatic heterocycles. The van der Waals surface area contributed by atoms with Gasteiger partial charge in [-0.2, -0.15) is 5.26 Å². The maximum absolute atomic E-state index is 8.83. The van der Waals surface area contributed by atoms with E-state index in [0.29, 0.717) is 10.6 Å². The summed E-state index contributed by atoms with van der Waals surface area (Å²) in [5, 5.41) is 13.3. The quantitative estimate of drug-likeness (QED) is 0.750. The Balaban J connectivity index is 1.92. The molecular weight excluding hydrogens is 278 g/mol. The Morgan fingerprint density at radius 1 is 1.21 bits per heavy atom. The van der Waals surface area contributed by atoms with Crippen LogP contribution in [-0.2, 0) is 0 Å². The number of rotatable bonds is 2. The second kappa shape index (κ2) is 4.88. The summed E-state index contributed by atoms with van der Waals surface area (Å²) in [5.74, 6) is 0. The van der Waals surface area contributed by atoms with Gasteiger partial charge in [0.2, 0.25) is 0 Å². The summed E-state index contributed by atoms with van der Waals surface area (Å²) in [6.07, 6.45) is 0. The lowest BCUT2D eigenvalue weighted by Gasteiger charge is -2.03. The third kappa shape index (κ3) is 2.39. The summed E-state index contributed by atoms with van der Waals surface area (Å²) in [5.41, 5.74) is 2.26. The Hall–Kier alpha value is -2.09. The van der Waals surface area contributed by atoms with Gasteiger partial charge in [-0.3, -0.25) is 0 Å². The summed E-state index contributed by atoms with van der Waals surface area (Å²) in [7, 11) is 0. The van der Waals surface area contributed by atoms with Crippen molar-refractivity contribution in [1.82, 2.24) is 4.98 Å². The largest absolute Gasteiger partial charge is 0.331 e. The Bertz CT molecular complexity index is 756. The number of nitriles is 1. The molecule has 0 aliphatic rings. The summed E-state index contributed by atoms with van der Waals surface area (Å²) in [6, 6.07) is 15.2. The van der Waals surface area contributed by atoms with Crippen LogP contribution in [0.25, 0.3) is 10.2 Å². The fourth-order valence-electron chi connectivity index (χ4n) is 1.73. The molecule has 2 aromatic carbocycles. The first-order chi connectivity index (χ1) is 9.26. The summed E-state index contributed by atoms with van der Waals surface area (Å²) in [6.45, 7) is 0. The van der Waals surface area contributed by atoms with Gasteiger partial charge in [-0.15, -0.1) is 0 Å². The van der Waals surface area contributed by atoms with Gasteiger partial charge in [0.15, 0.2) is 5.13 Å². The lowest BCUT2D eigenvalue weighted by atomic mass is 10.2. The Morgan fingerprint density at radius 2 is 2.05 bits per heavy atom. The number of nitrogens with one attached hydrogen (secondary N) is 1. The van der Waals surface area contributed by atoms with Gasteiger partial charge in [-0.25, -0.2) is 4.98 Å². The number of hydrogen-bond donors (Lipinski definition) is 1. The highest BCUT2D eigenvalue weighted by molar-refractivity contribution is 7.22. The van der Waals surface area contributed by atoms with Crippen molar-refractivity contribution in [3.63, 3.8) is 0 Å². The zero-order valence-corrected chi connectivity index (χ0v) is 11.3. The molecule has 19 heavy (non-hydrogen) atoms. The van der Waals surface area contributed by atoms with Gasteiger partial charge in [0.1, 0.15) is 6.07 Å². The van der Waals surface area contributed by atoms with Crippen LogP contribution in [0.2, 0.25) is 5.02 Å². The minimum Gasteiger partial charge on any atom is -0.331 e. The molecule has 0 fully saturated rings. The molecule has 0 saturated carbocycles. The maximum Gasteiger partial charge on any atom is 0.188 e. The van der Waals surface area contributed by atoms with Crippen LogP contribution in [0, 0.1) is 11.3 Å². The molecule has 0 saturated heterocycles. The van der Waals surface area contributed by atoms with Crippen molar-refractivity contribution < 1.29 is 0 Å². The van der Waals surface area contributed by atoms with Crippen LogP contribution in [-0.4, -0.2) is 4.98 Å². The smallest absolute Gasteiger partial charge is 0.188 e. The molecule has 0 unspecified atom stereocenters. The molecule has 3 aromatic rings. The average molecular weight is 286 g/mol. The zero-order chi connectivity index (χ0) is 13.2. The van der Waals surface area contributed by atoms with Gasteiger partial charge >= 0.3 is 0 Å². The van der Waals surface area contributed by atoms with E-state index in [1.54, 1.807) is 23.5 Å². The first-order valence-corrected chi connectivity index (χ1v) is 6.78. The number of benzene rings is 2. The Labute approximate surface area is 119 Å². The van der Waals surface area contributed by atoms with E-state index in [0.717, 1.165) is 21.0 Å². The van der Waals surface area contributed by atoms with Crippen LogP contribution in [0.15, 0.2) is 42.5 Å². The Kier molecular flexibility index (Phi) is 3.08. The van der Waals surface area contributed by atoms with Crippen molar-refractivity contribution in [2.24, 2.45) is 0 Å². The fraction of sp³-hybridized carbons (Fsp3) is 0. The average Bonchev–Trinajstić information content (AvgIpc) is 2.81. The number of anilines is 2. The van der Waals surface area contributed by atoms with E-state index >= 15 is 0 Å². The standard InChI is InChI=1S/C14H8ClN3S/c15-11-7-10(6-5-9(11)8-16)17-14-18-12-3-1-2-4-13(12)19-14/h1-7H,(H,17,18). The van der Waals surface area contributed by atoms with Crippen LogP contribution in [0.4, 0.5) is 10.8 Å². The lowest BCUT2D eigenvalue weighted by molar-refractivity contribution is 1.43. The lowest BCUT2D eigenvalue weighted by Crippen LogP contribution is -1.89. The van der Waals surface area contributed by atoms with E-state index in [4.69, 9.17) is 16.9 Å². The van der Waals surface area contributed by atoms with E-state index in [9.17, 15) is 0 Å². The van der Waals surface area contributed by atoms with Crippen LogP contribution >= 0.6 is 22.9 Å². The van der Waals surface area contributed by atoms with E-state index < -0.39 is 0 Å². The second-order valence-corrected chi connectivity index (χ2v) is 5.36. The van der Waals surface area contributed by atoms with Crippen LogP contribution in [0.5, 0.6) is 0 Å². The van der Waals surface area contributed by atoms with Crippen LogP contribution < -0.4 is 5.32 Å².